The van der Waals surface area contributed by atoms with E-state index in [2.05, 4.69) is 18.6 Å². The highest BCUT2D eigenvalue weighted by atomic mass is 32.2. The maximum atomic E-state index is 12.2. The molecule has 3 N–H and O–H groups in total. The summed E-state index contributed by atoms with van der Waals surface area (Å²) in [5.74, 6) is 0.490. The highest BCUT2D eigenvalue weighted by Crippen LogP contribution is 2.14. The summed E-state index contributed by atoms with van der Waals surface area (Å²) < 4.78 is 27.1. The van der Waals surface area contributed by atoms with Crippen molar-refractivity contribution in [2.45, 2.75) is 44.6 Å². The first kappa shape index (κ1) is 17.1. The maximum absolute atomic E-state index is 12.2. The van der Waals surface area contributed by atoms with E-state index in [4.69, 9.17) is 18.0 Å². The summed E-state index contributed by atoms with van der Waals surface area (Å²) in [5, 5.41) is 0. The van der Waals surface area contributed by atoms with Crippen LogP contribution in [0.5, 0.6) is 0 Å². The second kappa shape index (κ2) is 7.15. The maximum Gasteiger partial charge on any atom is 0.240 e. The van der Waals surface area contributed by atoms with Crippen LogP contribution in [0.2, 0.25) is 0 Å². The molecule has 2 unspecified atom stereocenters. The second-order valence-electron chi connectivity index (χ2n) is 5.16. The molecule has 0 aliphatic carbocycles. The fourth-order valence-electron chi connectivity index (χ4n) is 1.95. The van der Waals surface area contributed by atoms with Crippen LogP contribution in [0.4, 0.5) is 0 Å². The third-order valence-corrected chi connectivity index (χ3v) is 5.10. The molecular weight excluding hydrogens is 292 g/mol. The van der Waals surface area contributed by atoms with Crippen LogP contribution in [-0.4, -0.2) is 19.4 Å². The largest absolute Gasteiger partial charge is 0.389 e. The van der Waals surface area contributed by atoms with Crippen molar-refractivity contribution in [3.63, 3.8) is 0 Å². The van der Waals surface area contributed by atoms with Crippen LogP contribution >= 0.6 is 12.2 Å². The van der Waals surface area contributed by atoms with Crippen molar-refractivity contribution in [2.24, 2.45) is 11.7 Å². The van der Waals surface area contributed by atoms with E-state index in [0.29, 0.717) is 11.5 Å². The summed E-state index contributed by atoms with van der Waals surface area (Å²) in [7, 11) is -3.49. The van der Waals surface area contributed by atoms with E-state index >= 15 is 0 Å². The van der Waals surface area contributed by atoms with Gasteiger partial charge in [-0.15, -0.1) is 0 Å². The molecule has 1 aromatic carbocycles. The van der Waals surface area contributed by atoms with Gasteiger partial charge in [0.2, 0.25) is 10.0 Å². The Morgan fingerprint density at radius 1 is 1.30 bits per heavy atom. The molecule has 0 spiro atoms. The predicted molar refractivity (Wildman–Crippen MR) is 86.2 cm³/mol. The number of benzene rings is 1. The van der Waals surface area contributed by atoms with E-state index < -0.39 is 10.0 Å². The number of thiocarbonyl (C=S) groups is 1. The number of sulfonamides is 1. The van der Waals surface area contributed by atoms with E-state index in [9.17, 15) is 8.42 Å². The fraction of sp³-hybridized carbons (Fsp3) is 0.500. The van der Waals surface area contributed by atoms with E-state index in [-0.39, 0.29) is 15.9 Å². The second-order valence-corrected chi connectivity index (χ2v) is 7.31. The molecule has 1 rings (SSSR count). The van der Waals surface area contributed by atoms with Crippen LogP contribution in [0.25, 0.3) is 0 Å². The topological polar surface area (TPSA) is 72.2 Å². The highest BCUT2D eigenvalue weighted by Gasteiger charge is 2.18. The van der Waals surface area contributed by atoms with Gasteiger partial charge in [0.1, 0.15) is 4.99 Å². The molecule has 4 nitrogen and oxygen atoms in total. The monoisotopic (exact) mass is 314 g/mol. The van der Waals surface area contributed by atoms with Crippen LogP contribution in [0.15, 0.2) is 29.2 Å². The third kappa shape index (κ3) is 4.85. The molecule has 0 heterocycles. The van der Waals surface area contributed by atoms with Gasteiger partial charge in [0.15, 0.2) is 0 Å². The molecule has 0 aliphatic rings. The lowest BCUT2D eigenvalue weighted by Gasteiger charge is -2.17. The van der Waals surface area contributed by atoms with E-state index in [1.165, 1.54) is 12.1 Å². The zero-order valence-electron chi connectivity index (χ0n) is 12.1. The quantitative estimate of drug-likeness (QED) is 0.758. The van der Waals surface area contributed by atoms with Crippen LogP contribution < -0.4 is 10.5 Å². The summed E-state index contributed by atoms with van der Waals surface area (Å²) in [6, 6.07) is 6.19. The fourth-order valence-corrected chi connectivity index (χ4v) is 3.34. The lowest BCUT2D eigenvalue weighted by molar-refractivity contribution is 0.445. The molecule has 20 heavy (non-hydrogen) atoms. The van der Waals surface area contributed by atoms with Crippen molar-refractivity contribution in [1.82, 2.24) is 4.72 Å². The van der Waals surface area contributed by atoms with Crippen LogP contribution in [0.3, 0.4) is 0 Å². The summed E-state index contributed by atoms with van der Waals surface area (Å²) in [4.78, 5) is 0.487. The van der Waals surface area contributed by atoms with Crippen LogP contribution in [0, 0.1) is 5.92 Å². The average molecular weight is 314 g/mol. The Bertz CT molecular complexity index is 553. The summed E-state index contributed by atoms with van der Waals surface area (Å²) >= 11 is 4.84. The molecule has 0 fully saturated rings. The first-order valence-corrected chi connectivity index (χ1v) is 8.57. The Balaban J connectivity index is 2.80. The minimum absolute atomic E-state index is 0.0924. The van der Waals surface area contributed by atoms with Crippen molar-refractivity contribution in [3.8, 4) is 0 Å². The zero-order valence-corrected chi connectivity index (χ0v) is 13.7. The Hall–Kier alpha value is -0.980. The molecule has 1 aromatic rings. The van der Waals surface area contributed by atoms with Gasteiger partial charge in [0.05, 0.1) is 4.90 Å². The van der Waals surface area contributed by atoms with Gasteiger partial charge in [-0.05, 0) is 31.4 Å². The molecule has 0 amide bonds. The van der Waals surface area contributed by atoms with Gasteiger partial charge in [-0.25, -0.2) is 13.1 Å². The first-order valence-electron chi connectivity index (χ1n) is 6.68. The standard InChI is InChI=1S/C14H22N2O2S2/c1-4-10(2)9-11(3)16-20(17,18)13-7-5-12(6-8-13)14(15)19/h5-8,10-11,16H,4,9H2,1-3H3,(H2,15,19). The van der Waals surface area contributed by atoms with Crippen molar-refractivity contribution in [3.05, 3.63) is 29.8 Å². The molecule has 0 bridgehead atoms. The highest BCUT2D eigenvalue weighted by molar-refractivity contribution is 7.89. The lowest BCUT2D eigenvalue weighted by atomic mass is 10.0. The third-order valence-electron chi connectivity index (χ3n) is 3.26. The summed E-state index contributed by atoms with van der Waals surface area (Å²) in [6.07, 6.45) is 1.86. The molecule has 0 saturated heterocycles. The molecule has 112 valence electrons. The summed E-state index contributed by atoms with van der Waals surface area (Å²) in [6.45, 7) is 6.09. The molecular formula is C14H22N2O2S2. The SMILES string of the molecule is CCC(C)CC(C)NS(=O)(=O)c1ccc(C(N)=S)cc1. The van der Waals surface area contributed by atoms with Crippen molar-refractivity contribution < 1.29 is 8.42 Å². The number of nitrogens with two attached hydrogens (primary N) is 1. The molecule has 0 aliphatic heterocycles. The predicted octanol–water partition coefficient (Wildman–Crippen LogP) is 2.42. The minimum Gasteiger partial charge on any atom is -0.389 e. The Morgan fingerprint density at radius 2 is 1.85 bits per heavy atom. The number of hydrogen-bond donors (Lipinski definition) is 2. The molecule has 2 atom stereocenters. The molecule has 0 radical (unpaired) electrons. The normalized spacial score (nSPS) is 14.8. The van der Waals surface area contributed by atoms with Crippen molar-refractivity contribution in [2.75, 3.05) is 0 Å². The average Bonchev–Trinajstić information content (AvgIpc) is 2.37. The van der Waals surface area contributed by atoms with E-state index in [0.717, 1.165) is 12.8 Å². The van der Waals surface area contributed by atoms with E-state index in [1.54, 1.807) is 12.1 Å². The Labute approximate surface area is 126 Å². The van der Waals surface area contributed by atoms with Gasteiger partial charge >= 0.3 is 0 Å². The van der Waals surface area contributed by atoms with Crippen molar-refractivity contribution in [1.29, 1.82) is 0 Å². The number of hydrogen-bond acceptors (Lipinski definition) is 3. The van der Waals surface area contributed by atoms with Gasteiger partial charge in [-0.3, -0.25) is 0 Å². The first-order chi connectivity index (χ1) is 9.26. The summed E-state index contributed by atoms with van der Waals surface area (Å²) in [5.41, 5.74) is 6.15. The van der Waals surface area contributed by atoms with Crippen LogP contribution in [0.1, 0.15) is 39.2 Å². The van der Waals surface area contributed by atoms with Gasteiger partial charge in [0, 0.05) is 11.6 Å². The Kier molecular flexibility index (Phi) is 6.10. The van der Waals surface area contributed by atoms with E-state index in [1.807, 2.05) is 6.92 Å². The molecule has 0 aromatic heterocycles. The number of nitrogens with one attached hydrogen (secondary N) is 1. The van der Waals surface area contributed by atoms with Crippen LogP contribution in [-0.2, 0) is 10.0 Å². The van der Waals surface area contributed by atoms with Gasteiger partial charge in [0.25, 0.3) is 0 Å². The zero-order chi connectivity index (χ0) is 15.3. The molecule has 6 heteroatoms. The van der Waals surface area contributed by atoms with Gasteiger partial charge in [-0.1, -0.05) is 44.6 Å². The molecule has 0 saturated carbocycles. The lowest BCUT2D eigenvalue weighted by Crippen LogP contribution is -2.33. The van der Waals surface area contributed by atoms with Gasteiger partial charge < -0.3 is 5.73 Å². The minimum atomic E-state index is -3.49. The van der Waals surface area contributed by atoms with Crippen molar-refractivity contribution >= 4 is 27.2 Å². The smallest absolute Gasteiger partial charge is 0.240 e. The Morgan fingerprint density at radius 3 is 2.30 bits per heavy atom. The van der Waals surface area contributed by atoms with Gasteiger partial charge in [-0.2, -0.15) is 0 Å². The number of rotatable bonds is 7.